The van der Waals surface area contributed by atoms with E-state index in [0.717, 1.165) is 25.0 Å². The molecule has 2 nitrogen and oxygen atoms in total. The van der Waals surface area contributed by atoms with Crippen LogP contribution in [-0.4, -0.2) is 5.78 Å². The van der Waals surface area contributed by atoms with Crippen molar-refractivity contribution in [2.24, 2.45) is 5.73 Å². The number of Topliss-reactive ketones (excluding diaryl/α,β-unsaturated/α-hetero) is 1. The topological polar surface area (TPSA) is 43.1 Å². The van der Waals surface area contributed by atoms with Crippen molar-refractivity contribution in [3.05, 3.63) is 35.4 Å². The molecule has 1 atom stereocenters. The second-order valence-electron chi connectivity index (χ2n) is 4.68. The average Bonchev–Trinajstić information content (AvgIpc) is 2.32. The van der Waals surface area contributed by atoms with Gasteiger partial charge in [-0.05, 0) is 30.5 Å². The van der Waals surface area contributed by atoms with Gasteiger partial charge in [0.05, 0.1) is 5.56 Å². The van der Waals surface area contributed by atoms with Crippen LogP contribution in [0.1, 0.15) is 36.8 Å². The van der Waals surface area contributed by atoms with Crippen molar-refractivity contribution >= 4 is 5.78 Å². The molecule has 2 rings (SSSR count). The second kappa shape index (κ2) is 4.39. The summed E-state index contributed by atoms with van der Waals surface area (Å²) in [6.45, 7) is 0. The molecule has 18 heavy (non-hydrogen) atoms. The zero-order valence-corrected chi connectivity index (χ0v) is 9.76. The Bertz CT molecular complexity index is 470. The summed E-state index contributed by atoms with van der Waals surface area (Å²) in [7, 11) is 0. The molecule has 98 valence electrons. The maximum absolute atomic E-state index is 12.6. The van der Waals surface area contributed by atoms with Gasteiger partial charge in [0.15, 0.2) is 5.78 Å². The van der Waals surface area contributed by atoms with Gasteiger partial charge in [0.25, 0.3) is 0 Å². The van der Waals surface area contributed by atoms with E-state index in [1.165, 1.54) is 12.1 Å². The van der Waals surface area contributed by atoms with Crippen LogP contribution in [0.4, 0.5) is 13.2 Å². The highest BCUT2D eigenvalue weighted by atomic mass is 19.4. The quantitative estimate of drug-likeness (QED) is 0.840. The fourth-order valence-electron chi connectivity index (χ4n) is 2.33. The molecule has 0 radical (unpaired) electrons. The minimum absolute atomic E-state index is 0.173. The van der Waals surface area contributed by atoms with Crippen LogP contribution < -0.4 is 5.73 Å². The van der Waals surface area contributed by atoms with Crippen LogP contribution in [0, 0.1) is 0 Å². The molecule has 1 aliphatic rings. The van der Waals surface area contributed by atoms with Gasteiger partial charge in [0, 0.05) is 6.42 Å². The molecule has 0 aliphatic heterocycles. The first kappa shape index (κ1) is 13.1. The van der Waals surface area contributed by atoms with E-state index in [2.05, 4.69) is 0 Å². The molecule has 0 unspecified atom stereocenters. The SMILES string of the molecule is N[C@]1(c2cccc(C(F)(F)F)c2)CCCCC1=O. The van der Waals surface area contributed by atoms with Crippen molar-refractivity contribution in [2.45, 2.75) is 37.4 Å². The van der Waals surface area contributed by atoms with E-state index >= 15 is 0 Å². The smallest absolute Gasteiger partial charge is 0.315 e. The fourth-order valence-corrected chi connectivity index (χ4v) is 2.33. The molecule has 1 saturated carbocycles. The number of hydrogen-bond donors (Lipinski definition) is 1. The normalized spacial score (nSPS) is 25.2. The molecule has 2 N–H and O–H groups in total. The van der Waals surface area contributed by atoms with Gasteiger partial charge in [-0.15, -0.1) is 0 Å². The number of rotatable bonds is 1. The highest BCUT2D eigenvalue weighted by Gasteiger charge is 2.39. The van der Waals surface area contributed by atoms with Crippen LogP contribution in [0.2, 0.25) is 0 Å². The molecule has 0 bridgehead atoms. The number of ketones is 1. The molecule has 1 fully saturated rings. The molecule has 0 saturated heterocycles. The molecule has 1 aromatic rings. The van der Waals surface area contributed by atoms with Crippen LogP contribution >= 0.6 is 0 Å². The first-order chi connectivity index (χ1) is 8.34. The molecule has 1 aliphatic carbocycles. The number of nitrogens with two attached hydrogens (primary N) is 1. The maximum atomic E-state index is 12.6. The molecule has 0 aromatic heterocycles. The summed E-state index contributed by atoms with van der Waals surface area (Å²) in [5.41, 5.74) is 4.27. The lowest BCUT2D eigenvalue weighted by molar-refractivity contribution is -0.138. The Morgan fingerprint density at radius 2 is 1.94 bits per heavy atom. The summed E-state index contributed by atoms with van der Waals surface area (Å²) in [5, 5.41) is 0. The van der Waals surface area contributed by atoms with Gasteiger partial charge in [-0.1, -0.05) is 18.6 Å². The van der Waals surface area contributed by atoms with Crippen LogP contribution in [-0.2, 0) is 16.5 Å². The van der Waals surface area contributed by atoms with Gasteiger partial charge in [0.2, 0.25) is 0 Å². The molecular weight excluding hydrogens is 243 g/mol. The van der Waals surface area contributed by atoms with E-state index < -0.39 is 17.3 Å². The first-order valence-electron chi connectivity index (χ1n) is 5.84. The Morgan fingerprint density at radius 3 is 2.56 bits per heavy atom. The Balaban J connectivity index is 2.41. The minimum atomic E-state index is -4.41. The minimum Gasteiger partial charge on any atom is -0.315 e. The van der Waals surface area contributed by atoms with Crippen LogP contribution in [0.15, 0.2) is 24.3 Å². The molecule has 0 amide bonds. The molecular formula is C13H14F3NO. The number of benzene rings is 1. The third-order valence-corrected chi connectivity index (χ3v) is 3.43. The van der Waals surface area contributed by atoms with Gasteiger partial charge < -0.3 is 5.73 Å². The molecule has 5 heteroatoms. The van der Waals surface area contributed by atoms with Gasteiger partial charge in [-0.2, -0.15) is 13.2 Å². The largest absolute Gasteiger partial charge is 0.416 e. The predicted octanol–water partition coefficient (Wildman–Crippen LogP) is 3.00. The Hall–Kier alpha value is -1.36. The Labute approximate surface area is 103 Å². The summed E-state index contributed by atoms with van der Waals surface area (Å²) in [5.74, 6) is -0.173. The number of hydrogen-bond acceptors (Lipinski definition) is 2. The van der Waals surface area contributed by atoms with Gasteiger partial charge in [-0.3, -0.25) is 4.79 Å². The van der Waals surface area contributed by atoms with E-state index in [0.29, 0.717) is 12.8 Å². The summed E-state index contributed by atoms with van der Waals surface area (Å²) in [6, 6.07) is 4.77. The summed E-state index contributed by atoms with van der Waals surface area (Å²) in [4.78, 5) is 11.9. The highest BCUT2D eigenvalue weighted by Crippen LogP contribution is 2.35. The number of carbonyl (C=O) groups is 1. The summed E-state index contributed by atoms with van der Waals surface area (Å²) < 4.78 is 37.9. The second-order valence-corrected chi connectivity index (χ2v) is 4.68. The van der Waals surface area contributed by atoms with Crippen molar-refractivity contribution in [1.82, 2.24) is 0 Å². The monoisotopic (exact) mass is 257 g/mol. The zero-order chi connectivity index (χ0) is 13.4. The third kappa shape index (κ3) is 2.27. The van der Waals surface area contributed by atoms with E-state index in [1.54, 1.807) is 0 Å². The molecule has 1 aromatic carbocycles. The lowest BCUT2D eigenvalue weighted by Crippen LogP contribution is -2.47. The summed E-state index contributed by atoms with van der Waals surface area (Å²) >= 11 is 0. The van der Waals surface area contributed by atoms with E-state index in [9.17, 15) is 18.0 Å². The average molecular weight is 257 g/mol. The Morgan fingerprint density at radius 1 is 1.22 bits per heavy atom. The van der Waals surface area contributed by atoms with Crippen molar-refractivity contribution < 1.29 is 18.0 Å². The van der Waals surface area contributed by atoms with Crippen molar-refractivity contribution in [3.8, 4) is 0 Å². The van der Waals surface area contributed by atoms with Gasteiger partial charge in [-0.25, -0.2) is 0 Å². The molecule has 0 spiro atoms. The number of carbonyl (C=O) groups excluding carboxylic acids is 1. The third-order valence-electron chi connectivity index (χ3n) is 3.43. The van der Waals surface area contributed by atoms with Crippen molar-refractivity contribution in [2.75, 3.05) is 0 Å². The fraction of sp³-hybridized carbons (Fsp3) is 0.462. The van der Waals surface area contributed by atoms with E-state index in [1.807, 2.05) is 0 Å². The standard InChI is InChI=1S/C13H14F3NO/c14-13(15,16)10-5-3-4-9(8-10)12(17)7-2-1-6-11(12)18/h3-5,8H,1-2,6-7,17H2/t12-/m0/s1. The van der Waals surface area contributed by atoms with E-state index in [4.69, 9.17) is 5.73 Å². The van der Waals surface area contributed by atoms with Gasteiger partial charge >= 0.3 is 6.18 Å². The zero-order valence-electron chi connectivity index (χ0n) is 9.76. The summed E-state index contributed by atoms with van der Waals surface area (Å²) in [6.07, 6.45) is -2.14. The lowest BCUT2D eigenvalue weighted by atomic mass is 9.76. The Kier molecular flexibility index (Phi) is 3.19. The predicted molar refractivity (Wildman–Crippen MR) is 60.8 cm³/mol. The molecule has 0 heterocycles. The van der Waals surface area contributed by atoms with Gasteiger partial charge in [0.1, 0.15) is 5.54 Å². The van der Waals surface area contributed by atoms with Crippen LogP contribution in [0.5, 0.6) is 0 Å². The lowest BCUT2D eigenvalue weighted by Gasteiger charge is -2.32. The first-order valence-corrected chi connectivity index (χ1v) is 5.84. The van der Waals surface area contributed by atoms with Crippen LogP contribution in [0.3, 0.4) is 0 Å². The van der Waals surface area contributed by atoms with Crippen molar-refractivity contribution in [1.29, 1.82) is 0 Å². The number of halogens is 3. The maximum Gasteiger partial charge on any atom is 0.416 e. The van der Waals surface area contributed by atoms with E-state index in [-0.39, 0.29) is 11.3 Å². The van der Waals surface area contributed by atoms with Crippen LogP contribution in [0.25, 0.3) is 0 Å². The van der Waals surface area contributed by atoms with Crippen molar-refractivity contribution in [3.63, 3.8) is 0 Å². The highest BCUT2D eigenvalue weighted by molar-refractivity contribution is 5.90. The number of alkyl halides is 3.